The first-order valence-corrected chi connectivity index (χ1v) is 5.54. The fourth-order valence-corrected chi connectivity index (χ4v) is 1.57. The monoisotopic (exact) mass is 253 g/mol. The maximum Gasteiger partial charge on any atom is 0.257 e. The molecule has 19 heavy (non-hydrogen) atoms. The number of amides is 1. The second kappa shape index (κ2) is 5.65. The number of aromatic nitrogens is 1. The molecule has 2 rings (SSSR count). The van der Waals surface area contributed by atoms with Gasteiger partial charge < -0.3 is 10.1 Å². The second-order valence-corrected chi connectivity index (χ2v) is 3.73. The van der Waals surface area contributed by atoms with Gasteiger partial charge in [0.05, 0.1) is 23.9 Å². The summed E-state index contributed by atoms with van der Waals surface area (Å²) in [6, 6.07) is 10.5. The maximum absolute atomic E-state index is 12.0. The van der Waals surface area contributed by atoms with Gasteiger partial charge in [-0.05, 0) is 18.2 Å². The van der Waals surface area contributed by atoms with Crippen molar-refractivity contribution >= 4 is 11.6 Å². The average molecular weight is 253 g/mol. The Bertz CT molecular complexity index is 647. The van der Waals surface area contributed by atoms with Crippen molar-refractivity contribution in [2.45, 2.75) is 0 Å². The van der Waals surface area contributed by atoms with Gasteiger partial charge in [-0.15, -0.1) is 0 Å². The van der Waals surface area contributed by atoms with Crippen LogP contribution in [-0.4, -0.2) is 18.0 Å². The Balaban J connectivity index is 2.23. The number of nitriles is 1. The molecule has 0 radical (unpaired) electrons. The van der Waals surface area contributed by atoms with Crippen molar-refractivity contribution in [1.29, 1.82) is 5.26 Å². The van der Waals surface area contributed by atoms with Crippen LogP contribution < -0.4 is 10.1 Å². The number of methoxy groups -OCH3 is 1. The minimum atomic E-state index is -0.339. The van der Waals surface area contributed by atoms with Gasteiger partial charge in [0, 0.05) is 12.4 Å². The Morgan fingerprint density at radius 1 is 1.37 bits per heavy atom. The Morgan fingerprint density at radius 2 is 2.16 bits per heavy atom. The number of pyridine rings is 1. The van der Waals surface area contributed by atoms with Crippen molar-refractivity contribution in [2.75, 3.05) is 12.4 Å². The summed E-state index contributed by atoms with van der Waals surface area (Å²) in [5, 5.41) is 11.5. The zero-order valence-electron chi connectivity index (χ0n) is 10.3. The molecule has 0 saturated carbocycles. The topological polar surface area (TPSA) is 75.0 Å². The largest absolute Gasteiger partial charge is 0.495 e. The lowest BCUT2D eigenvalue weighted by atomic mass is 10.2. The molecule has 94 valence electrons. The highest BCUT2D eigenvalue weighted by Crippen LogP contribution is 2.23. The second-order valence-electron chi connectivity index (χ2n) is 3.73. The van der Waals surface area contributed by atoms with Gasteiger partial charge in [-0.3, -0.25) is 9.78 Å². The van der Waals surface area contributed by atoms with Crippen LogP contribution in [0.5, 0.6) is 5.75 Å². The SMILES string of the molecule is COc1ccccc1NC(=O)c1cncc(C#N)c1. The average Bonchev–Trinajstić information content (AvgIpc) is 2.47. The molecule has 0 aliphatic rings. The summed E-state index contributed by atoms with van der Waals surface area (Å²) in [5.41, 5.74) is 1.23. The highest BCUT2D eigenvalue weighted by Gasteiger charge is 2.10. The van der Waals surface area contributed by atoms with E-state index in [1.54, 1.807) is 18.2 Å². The van der Waals surface area contributed by atoms with Crippen molar-refractivity contribution in [3.63, 3.8) is 0 Å². The number of benzene rings is 1. The minimum absolute atomic E-state index is 0.324. The zero-order valence-corrected chi connectivity index (χ0v) is 10.3. The molecule has 0 aliphatic heterocycles. The molecule has 0 saturated heterocycles. The Morgan fingerprint density at radius 3 is 2.89 bits per heavy atom. The molecule has 0 bridgehead atoms. The summed E-state index contributed by atoms with van der Waals surface area (Å²) in [6.07, 6.45) is 2.81. The predicted octanol–water partition coefficient (Wildman–Crippen LogP) is 2.21. The van der Waals surface area contributed by atoms with Gasteiger partial charge in [0.2, 0.25) is 0 Å². The number of nitrogens with zero attached hydrogens (tertiary/aromatic N) is 2. The third kappa shape index (κ3) is 2.87. The number of ether oxygens (including phenoxy) is 1. The first-order chi connectivity index (χ1) is 9.24. The number of rotatable bonds is 3. The van der Waals surface area contributed by atoms with Crippen LogP contribution in [0.25, 0.3) is 0 Å². The molecular weight excluding hydrogens is 242 g/mol. The molecule has 1 amide bonds. The normalized spacial score (nSPS) is 9.47. The minimum Gasteiger partial charge on any atom is -0.495 e. The first kappa shape index (κ1) is 12.6. The summed E-state index contributed by atoms with van der Waals surface area (Å²) < 4.78 is 5.14. The summed E-state index contributed by atoms with van der Waals surface area (Å²) in [5.74, 6) is 0.231. The third-order valence-electron chi connectivity index (χ3n) is 2.48. The number of carbonyl (C=O) groups is 1. The number of para-hydroxylation sites is 2. The number of carbonyl (C=O) groups excluding carboxylic acids is 1. The van der Waals surface area contributed by atoms with E-state index in [1.807, 2.05) is 12.1 Å². The molecule has 0 atom stereocenters. The quantitative estimate of drug-likeness (QED) is 0.910. The van der Waals surface area contributed by atoms with Crippen LogP contribution in [0, 0.1) is 11.3 Å². The molecule has 5 nitrogen and oxygen atoms in total. The number of anilines is 1. The van der Waals surface area contributed by atoms with Crippen LogP contribution in [0.2, 0.25) is 0 Å². The van der Waals surface area contributed by atoms with Crippen LogP contribution in [0.15, 0.2) is 42.7 Å². The van der Waals surface area contributed by atoms with Crippen molar-refractivity contribution in [1.82, 2.24) is 4.98 Å². The third-order valence-corrected chi connectivity index (χ3v) is 2.48. The lowest BCUT2D eigenvalue weighted by Gasteiger charge is -2.09. The van der Waals surface area contributed by atoms with Crippen LogP contribution >= 0.6 is 0 Å². The van der Waals surface area contributed by atoms with Crippen molar-refractivity contribution in [3.8, 4) is 11.8 Å². The van der Waals surface area contributed by atoms with E-state index in [0.717, 1.165) is 0 Å². The fraction of sp³-hybridized carbons (Fsp3) is 0.0714. The highest BCUT2D eigenvalue weighted by molar-refractivity contribution is 6.05. The molecule has 0 aliphatic carbocycles. The number of hydrogen-bond acceptors (Lipinski definition) is 4. The van der Waals surface area contributed by atoms with Crippen molar-refractivity contribution < 1.29 is 9.53 Å². The van der Waals surface area contributed by atoms with E-state index >= 15 is 0 Å². The molecule has 1 heterocycles. The fourth-order valence-electron chi connectivity index (χ4n) is 1.57. The van der Waals surface area contributed by atoms with Crippen LogP contribution in [0.1, 0.15) is 15.9 Å². The smallest absolute Gasteiger partial charge is 0.257 e. The standard InChI is InChI=1S/C14H11N3O2/c1-19-13-5-3-2-4-12(13)17-14(18)11-6-10(7-15)8-16-9-11/h2-6,8-9H,1H3,(H,17,18). The van der Waals surface area contributed by atoms with Crippen molar-refractivity contribution in [2.24, 2.45) is 0 Å². The molecular formula is C14H11N3O2. The number of nitrogens with one attached hydrogen (secondary N) is 1. The van der Waals surface area contributed by atoms with E-state index in [1.165, 1.54) is 25.6 Å². The van der Waals surface area contributed by atoms with E-state index in [4.69, 9.17) is 10.00 Å². The zero-order chi connectivity index (χ0) is 13.7. The Hall–Kier alpha value is -2.87. The molecule has 1 N–H and O–H groups in total. The van der Waals surface area contributed by atoms with Gasteiger partial charge in [-0.25, -0.2) is 0 Å². The van der Waals surface area contributed by atoms with Gasteiger partial charge in [-0.1, -0.05) is 12.1 Å². The van der Waals surface area contributed by atoms with E-state index in [2.05, 4.69) is 10.3 Å². The lowest BCUT2D eigenvalue weighted by Crippen LogP contribution is -2.13. The van der Waals surface area contributed by atoms with E-state index in [-0.39, 0.29) is 5.91 Å². The van der Waals surface area contributed by atoms with Crippen LogP contribution in [-0.2, 0) is 0 Å². The van der Waals surface area contributed by atoms with Crippen LogP contribution in [0.3, 0.4) is 0 Å². The molecule has 1 aromatic carbocycles. The summed E-state index contributed by atoms with van der Waals surface area (Å²) in [4.78, 5) is 15.9. The maximum atomic E-state index is 12.0. The van der Waals surface area contributed by atoms with Crippen molar-refractivity contribution in [3.05, 3.63) is 53.9 Å². The molecule has 0 spiro atoms. The highest BCUT2D eigenvalue weighted by atomic mass is 16.5. The van der Waals surface area contributed by atoms with Gasteiger partial charge in [0.15, 0.2) is 0 Å². The molecule has 5 heteroatoms. The summed E-state index contributed by atoms with van der Waals surface area (Å²) in [7, 11) is 1.53. The van der Waals surface area contributed by atoms with E-state index in [0.29, 0.717) is 22.6 Å². The first-order valence-electron chi connectivity index (χ1n) is 5.54. The van der Waals surface area contributed by atoms with Gasteiger partial charge in [-0.2, -0.15) is 5.26 Å². The summed E-state index contributed by atoms with van der Waals surface area (Å²) >= 11 is 0. The van der Waals surface area contributed by atoms with Gasteiger partial charge in [0.1, 0.15) is 11.8 Å². The Kier molecular flexibility index (Phi) is 3.74. The Labute approximate surface area is 110 Å². The molecule has 1 aromatic heterocycles. The number of hydrogen-bond donors (Lipinski definition) is 1. The van der Waals surface area contributed by atoms with E-state index < -0.39 is 0 Å². The van der Waals surface area contributed by atoms with Crippen LogP contribution in [0.4, 0.5) is 5.69 Å². The summed E-state index contributed by atoms with van der Waals surface area (Å²) in [6.45, 7) is 0. The lowest BCUT2D eigenvalue weighted by molar-refractivity contribution is 0.102. The molecule has 0 fully saturated rings. The van der Waals surface area contributed by atoms with Gasteiger partial charge >= 0.3 is 0 Å². The van der Waals surface area contributed by atoms with Gasteiger partial charge in [0.25, 0.3) is 5.91 Å². The molecule has 2 aromatic rings. The van der Waals surface area contributed by atoms with E-state index in [9.17, 15) is 4.79 Å². The molecule has 0 unspecified atom stereocenters. The predicted molar refractivity (Wildman–Crippen MR) is 69.9 cm³/mol.